The molecule has 0 saturated heterocycles. The Bertz CT molecular complexity index is 255. The molecule has 6 nitrogen and oxygen atoms in total. The molecule has 0 aromatic rings. The third kappa shape index (κ3) is 9.92. The maximum absolute atomic E-state index is 11.5. The van der Waals surface area contributed by atoms with E-state index in [-0.39, 0.29) is 5.91 Å². The Morgan fingerprint density at radius 1 is 1.33 bits per heavy atom. The zero-order valence-corrected chi connectivity index (χ0v) is 11.3. The van der Waals surface area contributed by atoms with E-state index in [2.05, 4.69) is 12.2 Å². The zero-order chi connectivity index (χ0) is 13.8. The molecule has 1 amide bonds. The molecule has 0 spiro atoms. The molecule has 0 radical (unpaired) electrons. The highest BCUT2D eigenvalue weighted by atomic mass is 16.1. The number of nitrogens with zero attached hydrogens (tertiary/aromatic N) is 1. The molecular formula is C12H27N5O. The molecule has 0 aliphatic rings. The number of rotatable bonds is 10. The highest BCUT2D eigenvalue weighted by molar-refractivity contribution is 5.76. The highest BCUT2D eigenvalue weighted by Gasteiger charge is 2.01. The van der Waals surface area contributed by atoms with Crippen molar-refractivity contribution in [3.05, 3.63) is 11.9 Å². The Morgan fingerprint density at radius 2 is 2.06 bits per heavy atom. The molecule has 0 rings (SSSR count). The van der Waals surface area contributed by atoms with Crippen LogP contribution in [0.25, 0.3) is 0 Å². The van der Waals surface area contributed by atoms with Crippen LogP contribution in [-0.4, -0.2) is 30.6 Å². The summed E-state index contributed by atoms with van der Waals surface area (Å²) in [5, 5.41) is 4.18. The standard InChI is InChI=1S/C12H27N5O/c1-2-3-4-5-6-12(18)16-9-11(14)10-17(15)8-7-13/h10H,2-9,13-15H2,1H3,(H,16,18)/b11-10-. The maximum atomic E-state index is 11.5. The van der Waals surface area contributed by atoms with Crippen molar-refractivity contribution >= 4 is 5.91 Å². The number of hydrazine groups is 1. The monoisotopic (exact) mass is 257 g/mol. The van der Waals surface area contributed by atoms with Crippen molar-refractivity contribution in [1.82, 2.24) is 10.3 Å². The number of amides is 1. The van der Waals surface area contributed by atoms with Crippen LogP contribution in [0, 0.1) is 0 Å². The van der Waals surface area contributed by atoms with E-state index in [1.165, 1.54) is 17.9 Å². The first kappa shape index (κ1) is 16.7. The topological polar surface area (TPSA) is 110 Å². The van der Waals surface area contributed by atoms with Crippen LogP contribution in [0.2, 0.25) is 0 Å². The second-order valence-electron chi connectivity index (χ2n) is 4.32. The third-order valence-electron chi connectivity index (χ3n) is 2.47. The maximum Gasteiger partial charge on any atom is 0.220 e. The summed E-state index contributed by atoms with van der Waals surface area (Å²) in [5.41, 5.74) is 11.6. The van der Waals surface area contributed by atoms with Crippen LogP contribution < -0.4 is 22.6 Å². The Labute approximate surface area is 110 Å². The first-order valence-electron chi connectivity index (χ1n) is 6.54. The van der Waals surface area contributed by atoms with Crippen LogP contribution in [-0.2, 0) is 4.79 Å². The lowest BCUT2D eigenvalue weighted by Crippen LogP contribution is -2.34. The second kappa shape index (κ2) is 10.9. The molecule has 0 saturated carbocycles. The van der Waals surface area contributed by atoms with Gasteiger partial charge in [0, 0.05) is 31.4 Å². The molecule has 0 unspecified atom stereocenters. The number of hydrogen-bond acceptors (Lipinski definition) is 5. The minimum atomic E-state index is 0.0323. The molecule has 0 aliphatic heterocycles. The van der Waals surface area contributed by atoms with Crippen molar-refractivity contribution in [2.75, 3.05) is 19.6 Å². The molecule has 106 valence electrons. The fourth-order valence-corrected chi connectivity index (χ4v) is 1.47. The van der Waals surface area contributed by atoms with Gasteiger partial charge in [0.25, 0.3) is 0 Å². The zero-order valence-electron chi connectivity index (χ0n) is 11.3. The van der Waals surface area contributed by atoms with E-state index in [9.17, 15) is 4.79 Å². The van der Waals surface area contributed by atoms with E-state index in [1.54, 1.807) is 6.20 Å². The van der Waals surface area contributed by atoms with E-state index in [4.69, 9.17) is 17.3 Å². The van der Waals surface area contributed by atoms with Gasteiger partial charge in [-0.2, -0.15) is 0 Å². The van der Waals surface area contributed by atoms with Crippen LogP contribution >= 0.6 is 0 Å². The summed E-state index contributed by atoms with van der Waals surface area (Å²) in [5.74, 6) is 5.62. The van der Waals surface area contributed by atoms with Crippen LogP contribution in [0.3, 0.4) is 0 Å². The molecule has 0 fully saturated rings. The SMILES string of the molecule is CCCCCCC(=O)NC/C(N)=C/N(N)CCN. The van der Waals surface area contributed by atoms with Gasteiger partial charge in [-0.05, 0) is 6.42 Å². The van der Waals surface area contributed by atoms with Crippen molar-refractivity contribution in [3.63, 3.8) is 0 Å². The Balaban J connectivity index is 3.70. The van der Waals surface area contributed by atoms with Crippen molar-refractivity contribution < 1.29 is 4.79 Å². The molecule has 0 aromatic heterocycles. The lowest BCUT2D eigenvalue weighted by Gasteiger charge is -2.13. The van der Waals surface area contributed by atoms with Gasteiger partial charge in [0.2, 0.25) is 5.91 Å². The molecular weight excluding hydrogens is 230 g/mol. The van der Waals surface area contributed by atoms with Gasteiger partial charge in [-0.3, -0.25) is 4.79 Å². The highest BCUT2D eigenvalue weighted by Crippen LogP contribution is 2.01. The minimum Gasteiger partial charge on any atom is -0.399 e. The summed E-state index contributed by atoms with van der Waals surface area (Å²) < 4.78 is 0. The number of nitrogens with two attached hydrogens (primary N) is 3. The summed E-state index contributed by atoms with van der Waals surface area (Å²) in [6.45, 7) is 3.46. The number of carbonyl (C=O) groups excluding carboxylic acids is 1. The predicted octanol–water partition coefficient (Wildman–Crippen LogP) is 0.00750. The number of carbonyl (C=O) groups is 1. The average molecular weight is 257 g/mol. The number of nitrogens with one attached hydrogen (secondary N) is 1. The van der Waals surface area contributed by atoms with Gasteiger partial charge in [-0.1, -0.05) is 26.2 Å². The van der Waals surface area contributed by atoms with E-state index in [1.807, 2.05) is 0 Å². The Hall–Kier alpha value is -1.27. The predicted molar refractivity (Wildman–Crippen MR) is 74.0 cm³/mol. The summed E-state index contributed by atoms with van der Waals surface area (Å²) in [6.07, 6.45) is 6.52. The molecule has 0 atom stereocenters. The fourth-order valence-electron chi connectivity index (χ4n) is 1.47. The lowest BCUT2D eigenvalue weighted by atomic mass is 10.1. The van der Waals surface area contributed by atoms with Gasteiger partial charge in [-0.25, -0.2) is 5.84 Å². The van der Waals surface area contributed by atoms with Crippen LogP contribution in [0.15, 0.2) is 11.9 Å². The normalized spacial score (nSPS) is 11.4. The second-order valence-corrected chi connectivity index (χ2v) is 4.32. The molecule has 18 heavy (non-hydrogen) atoms. The lowest BCUT2D eigenvalue weighted by molar-refractivity contribution is -0.121. The van der Waals surface area contributed by atoms with E-state index in [0.717, 1.165) is 12.8 Å². The first-order valence-corrected chi connectivity index (χ1v) is 6.54. The quantitative estimate of drug-likeness (QED) is 0.250. The molecule has 0 heterocycles. The number of hydrogen-bond donors (Lipinski definition) is 4. The van der Waals surface area contributed by atoms with Crippen molar-refractivity contribution in [3.8, 4) is 0 Å². The minimum absolute atomic E-state index is 0.0323. The summed E-state index contributed by atoms with van der Waals surface area (Å²) in [7, 11) is 0. The van der Waals surface area contributed by atoms with E-state index >= 15 is 0 Å². The van der Waals surface area contributed by atoms with Crippen LogP contribution in [0.1, 0.15) is 39.0 Å². The van der Waals surface area contributed by atoms with E-state index < -0.39 is 0 Å². The van der Waals surface area contributed by atoms with Crippen molar-refractivity contribution in [2.45, 2.75) is 39.0 Å². The van der Waals surface area contributed by atoms with Crippen molar-refractivity contribution in [2.24, 2.45) is 17.3 Å². The van der Waals surface area contributed by atoms with Gasteiger partial charge >= 0.3 is 0 Å². The third-order valence-corrected chi connectivity index (χ3v) is 2.47. The Morgan fingerprint density at radius 3 is 2.67 bits per heavy atom. The largest absolute Gasteiger partial charge is 0.399 e. The first-order chi connectivity index (χ1) is 8.60. The van der Waals surface area contributed by atoms with Gasteiger partial charge < -0.3 is 21.8 Å². The van der Waals surface area contributed by atoms with Gasteiger partial charge in [0.1, 0.15) is 0 Å². The molecule has 0 aromatic carbocycles. The van der Waals surface area contributed by atoms with Gasteiger partial charge in [0.15, 0.2) is 0 Å². The molecule has 7 N–H and O–H groups in total. The smallest absolute Gasteiger partial charge is 0.220 e. The summed E-state index contributed by atoms with van der Waals surface area (Å²) in [4.78, 5) is 11.5. The molecule has 6 heteroatoms. The van der Waals surface area contributed by atoms with Gasteiger partial charge in [0.05, 0.1) is 6.54 Å². The van der Waals surface area contributed by atoms with Crippen LogP contribution in [0.4, 0.5) is 0 Å². The van der Waals surface area contributed by atoms with Crippen LogP contribution in [0.5, 0.6) is 0 Å². The van der Waals surface area contributed by atoms with E-state index in [0.29, 0.717) is 31.8 Å². The summed E-state index contributed by atoms with van der Waals surface area (Å²) >= 11 is 0. The Kier molecular flexibility index (Phi) is 10.1. The van der Waals surface area contributed by atoms with Crippen molar-refractivity contribution in [1.29, 1.82) is 0 Å². The molecule has 0 bridgehead atoms. The average Bonchev–Trinajstić information content (AvgIpc) is 2.32. The fraction of sp³-hybridized carbons (Fsp3) is 0.750. The van der Waals surface area contributed by atoms with Gasteiger partial charge in [-0.15, -0.1) is 0 Å². The molecule has 0 aliphatic carbocycles. The number of unbranched alkanes of at least 4 members (excludes halogenated alkanes) is 3. The summed E-state index contributed by atoms with van der Waals surface area (Å²) in [6, 6.07) is 0.